The number of nitrogens with zero attached hydrogens (tertiary/aromatic N) is 2. The molecular formula is C31H44K2N2O6S2. The molecule has 12 heteroatoms. The van der Waals surface area contributed by atoms with Crippen LogP contribution in [0.5, 0.6) is 0 Å². The maximum Gasteiger partial charge on any atom is 1.00 e. The smallest absolute Gasteiger partial charge is 0.744 e. The average molecular weight is 683 g/mol. The Morgan fingerprint density at radius 2 is 1.14 bits per heavy atom. The summed E-state index contributed by atoms with van der Waals surface area (Å²) in [6.07, 6.45) is 19.7. The van der Waals surface area contributed by atoms with Crippen molar-refractivity contribution in [3.8, 4) is 0 Å². The summed E-state index contributed by atoms with van der Waals surface area (Å²) in [5.74, 6) is 0.727. The zero-order chi connectivity index (χ0) is 29.7. The number of benzene rings is 2. The third-order valence-electron chi connectivity index (χ3n) is 7.62. The SMILES string of the molecule is CCCCCCCCCCCCCCCCCc1nc2ccc(S(=O)(=O)[O-])cc2n1Cc1cccc(S(=O)(=O)[O-])c1.[K+].[K+]. The molecule has 0 saturated heterocycles. The minimum Gasteiger partial charge on any atom is -0.744 e. The van der Waals surface area contributed by atoms with Crippen LogP contribution in [-0.4, -0.2) is 35.5 Å². The summed E-state index contributed by atoms with van der Waals surface area (Å²) < 4.78 is 71.3. The third kappa shape index (κ3) is 15.2. The van der Waals surface area contributed by atoms with Gasteiger partial charge in [-0.05, 0) is 42.3 Å². The van der Waals surface area contributed by atoms with Crippen molar-refractivity contribution in [1.82, 2.24) is 9.55 Å². The van der Waals surface area contributed by atoms with E-state index < -0.39 is 20.2 Å². The number of hydrogen-bond donors (Lipinski definition) is 0. The first-order valence-corrected chi connectivity index (χ1v) is 17.9. The van der Waals surface area contributed by atoms with Crippen LogP contribution in [0.2, 0.25) is 0 Å². The van der Waals surface area contributed by atoms with Crippen LogP contribution in [-0.2, 0) is 33.2 Å². The number of rotatable bonds is 20. The maximum atomic E-state index is 11.7. The molecule has 0 aliphatic rings. The zero-order valence-corrected chi connectivity index (χ0v) is 34.1. The molecule has 0 amide bonds. The number of hydrogen-bond acceptors (Lipinski definition) is 7. The van der Waals surface area contributed by atoms with E-state index in [9.17, 15) is 25.9 Å². The first-order chi connectivity index (χ1) is 19.6. The molecule has 0 saturated carbocycles. The van der Waals surface area contributed by atoms with E-state index in [1.54, 1.807) is 6.07 Å². The van der Waals surface area contributed by atoms with E-state index >= 15 is 0 Å². The van der Waals surface area contributed by atoms with Crippen molar-refractivity contribution in [2.75, 3.05) is 0 Å². The van der Waals surface area contributed by atoms with Crippen LogP contribution in [0.1, 0.15) is 115 Å². The van der Waals surface area contributed by atoms with Gasteiger partial charge in [0.15, 0.2) is 0 Å². The predicted octanol–water partition coefficient (Wildman–Crippen LogP) is 1.31. The molecule has 0 bridgehead atoms. The number of aromatic nitrogens is 2. The Bertz CT molecular complexity index is 1460. The van der Waals surface area contributed by atoms with Crippen LogP contribution in [0.3, 0.4) is 0 Å². The molecule has 0 atom stereocenters. The van der Waals surface area contributed by atoms with Gasteiger partial charge < -0.3 is 13.7 Å². The molecule has 43 heavy (non-hydrogen) atoms. The molecule has 0 aliphatic heterocycles. The van der Waals surface area contributed by atoms with Crippen LogP contribution in [0.25, 0.3) is 11.0 Å². The van der Waals surface area contributed by atoms with E-state index in [1.807, 2.05) is 4.57 Å². The first kappa shape index (κ1) is 42.0. The summed E-state index contributed by atoms with van der Waals surface area (Å²) in [6.45, 7) is 2.44. The van der Waals surface area contributed by atoms with E-state index in [1.165, 1.54) is 113 Å². The molecule has 1 aromatic heterocycles. The third-order valence-corrected chi connectivity index (χ3v) is 9.28. The van der Waals surface area contributed by atoms with Gasteiger partial charge in [-0.2, -0.15) is 0 Å². The molecule has 3 aromatic rings. The van der Waals surface area contributed by atoms with Crippen LogP contribution in [0.15, 0.2) is 52.3 Å². The molecule has 0 spiro atoms. The van der Waals surface area contributed by atoms with Gasteiger partial charge in [-0.15, -0.1) is 0 Å². The van der Waals surface area contributed by atoms with E-state index in [0.29, 0.717) is 23.0 Å². The van der Waals surface area contributed by atoms with Crippen molar-refractivity contribution in [3.05, 3.63) is 53.9 Å². The molecule has 0 aliphatic carbocycles. The van der Waals surface area contributed by atoms with Gasteiger partial charge in [0, 0.05) is 13.0 Å². The molecule has 8 nitrogen and oxygen atoms in total. The van der Waals surface area contributed by atoms with Gasteiger partial charge in [-0.1, -0.05) is 109 Å². The second-order valence-electron chi connectivity index (χ2n) is 11.0. The number of unbranched alkanes of at least 4 members (excludes halogenated alkanes) is 14. The van der Waals surface area contributed by atoms with Crippen LogP contribution >= 0.6 is 0 Å². The van der Waals surface area contributed by atoms with E-state index in [2.05, 4.69) is 6.92 Å². The molecule has 0 fully saturated rings. The standard InChI is InChI=1S/C31H46N2O6S2.2K/c1-2-3-4-5-6-7-8-9-10-11-12-13-14-15-16-20-31-32-29-22-21-28(41(37,38)39)24-30(29)33(31)25-26-18-17-19-27(23-26)40(34,35)36;;/h17-19,21-24H,2-16,20,25H2,1H3,(H,34,35,36)(H,37,38,39);;/q;2*+1/p-2. The maximum absolute atomic E-state index is 11.7. The topological polar surface area (TPSA) is 132 Å². The Kier molecular flexibility index (Phi) is 21.3. The molecule has 0 N–H and O–H groups in total. The van der Waals surface area contributed by atoms with Crippen molar-refractivity contribution in [3.63, 3.8) is 0 Å². The monoisotopic (exact) mass is 682 g/mol. The van der Waals surface area contributed by atoms with E-state index in [0.717, 1.165) is 25.1 Å². The molecule has 2 aromatic carbocycles. The van der Waals surface area contributed by atoms with Crippen LogP contribution in [0, 0.1) is 0 Å². The van der Waals surface area contributed by atoms with E-state index in [4.69, 9.17) is 4.98 Å². The summed E-state index contributed by atoms with van der Waals surface area (Å²) in [7, 11) is -9.27. The van der Waals surface area contributed by atoms with Crippen LogP contribution < -0.4 is 103 Å². The summed E-state index contributed by atoms with van der Waals surface area (Å²) in [6, 6.07) is 9.85. The van der Waals surface area contributed by atoms with Crippen LogP contribution in [0.4, 0.5) is 0 Å². The fourth-order valence-electron chi connectivity index (χ4n) is 5.31. The number of imidazole rings is 1. The molecule has 0 unspecified atom stereocenters. The Morgan fingerprint density at radius 3 is 1.65 bits per heavy atom. The minimum atomic E-state index is -4.66. The van der Waals surface area contributed by atoms with Crippen molar-refractivity contribution in [2.45, 2.75) is 126 Å². The number of fused-ring (bicyclic) bond motifs is 1. The van der Waals surface area contributed by atoms with Crippen molar-refractivity contribution in [1.29, 1.82) is 0 Å². The van der Waals surface area contributed by atoms with Crippen molar-refractivity contribution >= 4 is 31.3 Å². The van der Waals surface area contributed by atoms with Gasteiger partial charge in [0.2, 0.25) is 0 Å². The van der Waals surface area contributed by atoms with Gasteiger partial charge >= 0.3 is 103 Å². The largest absolute Gasteiger partial charge is 1.00 e. The Hall–Kier alpha value is 1.00. The van der Waals surface area contributed by atoms with Gasteiger partial charge in [-0.25, -0.2) is 21.8 Å². The molecule has 3 rings (SSSR count). The molecular weight excluding hydrogens is 639 g/mol. The molecule has 1 heterocycles. The van der Waals surface area contributed by atoms with Crippen molar-refractivity contribution in [2.24, 2.45) is 0 Å². The van der Waals surface area contributed by atoms with Gasteiger partial charge in [0.1, 0.15) is 26.1 Å². The fourth-order valence-corrected chi connectivity index (χ4v) is 6.34. The first-order valence-electron chi connectivity index (χ1n) is 15.1. The average Bonchev–Trinajstić information content (AvgIpc) is 3.26. The quantitative estimate of drug-likeness (QED) is 0.0998. The Morgan fingerprint density at radius 1 is 0.651 bits per heavy atom. The molecule has 228 valence electrons. The summed E-state index contributed by atoms with van der Waals surface area (Å²) in [4.78, 5) is 4.02. The fraction of sp³-hybridized carbons (Fsp3) is 0.581. The normalized spacial score (nSPS) is 11.8. The van der Waals surface area contributed by atoms with Gasteiger partial charge in [0.05, 0.1) is 20.8 Å². The van der Waals surface area contributed by atoms with Gasteiger partial charge in [0.25, 0.3) is 0 Å². The van der Waals surface area contributed by atoms with Gasteiger partial charge in [-0.3, -0.25) is 0 Å². The summed E-state index contributed by atoms with van der Waals surface area (Å²) in [5.41, 5.74) is 1.60. The summed E-state index contributed by atoms with van der Waals surface area (Å²) in [5, 5.41) is 0. The predicted molar refractivity (Wildman–Crippen MR) is 160 cm³/mol. The number of aryl methyl sites for hydroxylation is 1. The second kappa shape index (κ2) is 21.8. The zero-order valence-electron chi connectivity index (χ0n) is 26.2. The van der Waals surface area contributed by atoms with E-state index in [-0.39, 0.29) is 119 Å². The Balaban J connectivity index is 0.00000462. The Labute approximate surface area is 343 Å². The van der Waals surface area contributed by atoms with Crippen molar-refractivity contribution < 1.29 is 129 Å². The minimum absolute atomic E-state index is 0. The second-order valence-corrected chi connectivity index (χ2v) is 13.8. The molecule has 0 radical (unpaired) electrons. The summed E-state index contributed by atoms with van der Waals surface area (Å²) >= 11 is 0.